The van der Waals surface area contributed by atoms with Crippen molar-refractivity contribution in [3.8, 4) is 0 Å². The van der Waals surface area contributed by atoms with Gasteiger partial charge in [-0.3, -0.25) is 14.9 Å². The number of nitrogens with zero attached hydrogens (tertiary/aromatic N) is 4. The molecular formula is C21H26ClN5O3. The number of hydrogen-bond acceptors (Lipinski definition) is 6. The number of amides is 1. The zero-order chi connectivity index (χ0) is 21.9. The molecule has 30 heavy (non-hydrogen) atoms. The van der Waals surface area contributed by atoms with Crippen molar-refractivity contribution >= 4 is 34.7 Å². The summed E-state index contributed by atoms with van der Waals surface area (Å²) in [6.07, 6.45) is 4.63. The van der Waals surface area contributed by atoms with Gasteiger partial charge in [0.25, 0.3) is 11.6 Å². The molecule has 2 heterocycles. The van der Waals surface area contributed by atoms with E-state index in [1.165, 1.54) is 31.0 Å². The standard InChI is InChI=1S/C19H20ClN5O3.C2H6/c1-12-10-16(23-18(20)21-12)22-17(26)14-3-2-13(25(27)28)11-15(14)24-8-6-19(4-5-19)7-9-24;1-2/h2-3,10-11H,4-9H2,1H3,(H,21,22,23,26);1-2H3. The maximum Gasteiger partial charge on any atom is 0.271 e. The molecule has 0 bridgehead atoms. The van der Waals surface area contributed by atoms with E-state index >= 15 is 0 Å². The van der Waals surface area contributed by atoms with Crippen molar-refractivity contribution in [3.05, 3.63) is 50.9 Å². The number of aromatic nitrogens is 2. The summed E-state index contributed by atoms with van der Waals surface area (Å²) in [5.74, 6) is -0.0897. The Hall–Kier alpha value is -2.74. The van der Waals surface area contributed by atoms with Gasteiger partial charge in [0.1, 0.15) is 5.82 Å². The lowest BCUT2D eigenvalue weighted by molar-refractivity contribution is -0.384. The number of non-ortho nitro benzene ring substituents is 1. The van der Waals surface area contributed by atoms with Gasteiger partial charge in [-0.25, -0.2) is 9.97 Å². The number of anilines is 2. The van der Waals surface area contributed by atoms with E-state index in [9.17, 15) is 14.9 Å². The van der Waals surface area contributed by atoms with Crippen LogP contribution in [0.3, 0.4) is 0 Å². The van der Waals surface area contributed by atoms with Crippen LogP contribution in [0.15, 0.2) is 24.3 Å². The number of halogens is 1. The summed E-state index contributed by atoms with van der Waals surface area (Å²) in [7, 11) is 0. The second kappa shape index (κ2) is 8.95. The van der Waals surface area contributed by atoms with Gasteiger partial charge in [0.2, 0.25) is 5.28 Å². The van der Waals surface area contributed by atoms with E-state index in [0.717, 1.165) is 25.9 Å². The molecule has 1 amide bonds. The number of hydrogen-bond donors (Lipinski definition) is 1. The predicted octanol–water partition coefficient (Wildman–Crippen LogP) is 5.01. The maximum absolute atomic E-state index is 12.9. The highest BCUT2D eigenvalue weighted by Crippen LogP contribution is 2.54. The van der Waals surface area contributed by atoms with Gasteiger partial charge in [0, 0.05) is 37.0 Å². The zero-order valence-electron chi connectivity index (χ0n) is 17.4. The summed E-state index contributed by atoms with van der Waals surface area (Å²) in [5, 5.41) is 14.0. The third-order valence-corrected chi connectivity index (χ3v) is 5.80. The fourth-order valence-electron chi connectivity index (χ4n) is 3.77. The van der Waals surface area contributed by atoms with E-state index in [-0.39, 0.29) is 16.9 Å². The molecule has 1 saturated carbocycles. The van der Waals surface area contributed by atoms with E-state index in [0.29, 0.717) is 28.2 Å². The van der Waals surface area contributed by atoms with E-state index in [4.69, 9.17) is 11.6 Å². The largest absolute Gasteiger partial charge is 0.371 e. The number of benzene rings is 1. The fourth-order valence-corrected chi connectivity index (χ4v) is 3.99. The van der Waals surface area contributed by atoms with E-state index in [1.807, 2.05) is 13.8 Å². The lowest BCUT2D eigenvalue weighted by Gasteiger charge is -2.34. The second-order valence-electron chi connectivity index (χ2n) is 7.56. The Labute approximate surface area is 180 Å². The first-order valence-corrected chi connectivity index (χ1v) is 10.6. The first-order valence-electron chi connectivity index (χ1n) is 10.2. The van der Waals surface area contributed by atoms with E-state index < -0.39 is 4.92 Å². The van der Waals surface area contributed by atoms with Crippen LogP contribution in [0, 0.1) is 22.5 Å². The van der Waals surface area contributed by atoms with Gasteiger partial charge in [-0.1, -0.05) is 13.8 Å². The molecule has 0 radical (unpaired) electrons. The Bertz CT molecular complexity index is 931. The smallest absolute Gasteiger partial charge is 0.271 e. The average Bonchev–Trinajstić information content (AvgIpc) is 3.47. The van der Waals surface area contributed by atoms with Gasteiger partial charge >= 0.3 is 0 Å². The van der Waals surface area contributed by atoms with Crippen molar-refractivity contribution in [2.45, 2.75) is 46.5 Å². The van der Waals surface area contributed by atoms with Crippen LogP contribution in [0.25, 0.3) is 0 Å². The number of nitrogens with one attached hydrogen (secondary N) is 1. The van der Waals surface area contributed by atoms with Crippen LogP contribution in [0.2, 0.25) is 5.28 Å². The first-order chi connectivity index (χ1) is 14.3. The number of rotatable bonds is 4. The quantitative estimate of drug-likeness (QED) is 0.415. The average molecular weight is 432 g/mol. The van der Waals surface area contributed by atoms with E-state index in [2.05, 4.69) is 20.2 Å². The minimum atomic E-state index is -0.439. The monoisotopic (exact) mass is 431 g/mol. The second-order valence-corrected chi connectivity index (χ2v) is 7.90. The summed E-state index contributed by atoms with van der Waals surface area (Å²) in [5.41, 5.74) is 2.03. The Balaban J connectivity index is 0.00000124. The zero-order valence-corrected chi connectivity index (χ0v) is 18.2. The highest BCUT2D eigenvalue weighted by Gasteiger charge is 2.44. The van der Waals surface area contributed by atoms with Crippen molar-refractivity contribution in [2.24, 2.45) is 5.41 Å². The van der Waals surface area contributed by atoms with Crippen LogP contribution in [0.4, 0.5) is 17.2 Å². The molecule has 2 aliphatic rings. The molecule has 0 atom stereocenters. The molecule has 160 valence electrons. The van der Waals surface area contributed by atoms with Crippen LogP contribution in [0.5, 0.6) is 0 Å². The first kappa shape index (κ1) is 22.0. The van der Waals surface area contributed by atoms with Crippen molar-refractivity contribution in [1.29, 1.82) is 0 Å². The molecule has 1 aliphatic carbocycles. The van der Waals surface area contributed by atoms with Crippen molar-refractivity contribution in [2.75, 3.05) is 23.3 Å². The molecule has 1 aromatic carbocycles. The number of aryl methyl sites for hydroxylation is 1. The lowest BCUT2D eigenvalue weighted by Crippen LogP contribution is -2.35. The Morgan fingerprint density at radius 3 is 2.40 bits per heavy atom. The third kappa shape index (κ3) is 4.87. The Kier molecular flexibility index (Phi) is 6.55. The summed E-state index contributed by atoms with van der Waals surface area (Å²) in [6, 6.07) is 5.95. The van der Waals surface area contributed by atoms with Crippen LogP contribution >= 0.6 is 11.6 Å². The number of nitro groups is 1. The summed E-state index contributed by atoms with van der Waals surface area (Å²) in [6.45, 7) is 7.34. The molecule has 1 aromatic heterocycles. The highest BCUT2D eigenvalue weighted by atomic mass is 35.5. The topological polar surface area (TPSA) is 101 Å². The molecule has 9 heteroatoms. The van der Waals surface area contributed by atoms with Gasteiger partial charge in [0.15, 0.2) is 0 Å². The predicted molar refractivity (Wildman–Crippen MR) is 117 cm³/mol. The van der Waals surface area contributed by atoms with Crippen LogP contribution < -0.4 is 10.2 Å². The SMILES string of the molecule is CC.Cc1cc(NC(=O)c2ccc([N+](=O)[O-])cc2N2CCC3(CC2)CC3)nc(Cl)n1. The molecule has 2 aromatic rings. The Morgan fingerprint density at radius 2 is 1.83 bits per heavy atom. The van der Waals surface area contributed by atoms with E-state index in [1.54, 1.807) is 13.0 Å². The number of carbonyl (C=O) groups excluding carboxylic acids is 1. The molecule has 1 aliphatic heterocycles. The summed E-state index contributed by atoms with van der Waals surface area (Å²) in [4.78, 5) is 33.8. The van der Waals surface area contributed by atoms with Gasteiger partial charge in [-0.15, -0.1) is 0 Å². The van der Waals surface area contributed by atoms with Gasteiger partial charge in [0.05, 0.1) is 16.2 Å². The summed E-state index contributed by atoms with van der Waals surface area (Å²) >= 11 is 5.86. The van der Waals surface area contributed by atoms with Gasteiger partial charge in [-0.05, 0) is 55.7 Å². The van der Waals surface area contributed by atoms with Gasteiger partial charge in [-0.2, -0.15) is 0 Å². The molecule has 1 spiro atoms. The fraction of sp³-hybridized carbons (Fsp3) is 0.476. The van der Waals surface area contributed by atoms with Crippen LogP contribution in [0.1, 0.15) is 55.6 Å². The summed E-state index contributed by atoms with van der Waals surface area (Å²) < 4.78 is 0. The minimum Gasteiger partial charge on any atom is -0.371 e. The molecule has 8 nitrogen and oxygen atoms in total. The lowest BCUT2D eigenvalue weighted by atomic mass is 9.93. The highest BCUT2D eigenvalue weighted by molar-refractivity contribution is 6.28. The molecule has 4 rings (SSSR count). The molecule has 1 saturated heterocycles. The van der Waals surface area contributed by atoms with Crippen molar-refractivity contribution in [3.63, 3.8) is 0 Å². The normalized spacial score (nSPS) is 16.5. The van der Waals surface area contributed by atoms with Crippen molar-refractivity contribution < 1.29 is 9.72 Å². The number of piperidine rings is 1. The van der Waals surface area contributed by atoms with Crippen molar-refractivity contribution in [1.82, 2.24) is 9.97 Å². The Morgan fingerprint density at radius 1 is 1.17 bits per heavy atom. The third-order valence-electron chi connectivity index (χ3n) is 5.63. The minimum absolute atomic E-state index is 0.0285. The van der Waals surface area contributed by atoms with Crippen LogP contribution in [-0.2, 0) is 0 Å². The van der Waals surface area contributed by atoms with Gasteiger partial charge < -0.3 is 10.2 Å². The molecule has 0 unspecified atom stereocenters. The number of nitro benzene ring substituents is 1. The molecule has 2 fully saturated rings. The molecular weight excluding hydrogens is 406 g/mol. The number of carbonyl (C=O) groups is 1. The maximum atomic E-state index is 12.9. The van der Waals surface area contributed by atoms with Crippen LogP contribution in [-0.4, -0.2) is 33.9 Å². The molecule has 1 N–H and O–H groups in total.